The molecule has 4 rings (SSSR count). The Kier molecular flexibility index (Phi) is 5.87. The summed E-state index contributed by atoms with van der Waals surface area (Å²) in [5, 5.41) is 28.9. The molecule has 0 bridgehead atoms. The van der Waals surface area contributed by atoms with Crippen molar-refractivity contribution in [3.8, 4) is 39.5 Å². The lowest BCUT2D eigenvalue weighted by Crippen LogP contribution is -2.16. The van der Waals surface area contributed by atoms with Crippen LogP contribution in [0.1, 0.15) is 20.8 Å². The number of benzene rings is 3. The Labute approximate surface area is 189 Å². The number of nitrogens with zero attached hydrogens (tertiary/aromatic N) is 1. The lowest BCUT2D eigenvalue weighted by atomic mass is 9.96. The third kappa shape index (κ3) is 4.43. The van der Waals surface area contributed by atoms with Gasteiger partial charge in [0, 0.05) is 22.9 Å². The van der Waals surface area contributed by atoms with E-state index in [4.69, 9.17) is 4.74 Å². The number of carbonyl (C=O) groups excluding carboxylic acids is 2. The molecule has 3 aromatic carbocycles. The molecule has 3 N–H and O–H groups in total. The van der Waals surface area contributed by atoms with Gasteiger partial charge >= 0.3 is 5.97 Å². The highest BCUT2D eigenvalue weighted by molar-refractivity contribution is 6.03. The van der Waals surface area contributed by atoms with Gasteiger partial charge in [-0.05, 0) is 59.7 Å². The number of hydrogen-bond donors (Lipinski definition) is 3. The average Bonchev–Trinajstić information content (AvgIpc) is 3.18. The topological polar surface area (TPSA) is 109 Å². The average molecular weight is 443 g/mol. The fourth-order valence-corrected chi connectivity index (χ4v) is 3.67. The van der Waals surface area contributed by atoms with Gasteiger partial charge in [-0.2, -0.15) is 0 Å². The molecule has 0 atom stereocenters. The Bertz CT molecular complexity index is 1300. The monoisotopic (exact) mass is 443 g/mol. The Morgan fingerprint density at radius 1 is 0.758 bits per heavy atom. The minimum atomic E-state index is -0.624. The van der Waals surface area contributed by atoms with Crippen molar-refractivity contribution < 1.29 is 29.6 Å². The predicted octanol–water partition coefficient (Wildman–Crippen LogP) is 4.61. The Morgan fingerprint density at radius 2 is 1.24 bits per heavy atom. The molecule has 0 saturated carbocycles. The number of aromatic nitrogens is 1. The second-order valence-electron chi connectivity index (χ2n) is 7.45. The first kappa shape index (κ1) is 21.7. The quantitative estimate of drug-likeness (QED) is 0.297. The van der Waals surface area contributed by atoms with E-state index in [1.165, 1.54) is 60.2 Å². The minimum Gasteiger partial charge on any atom is -0.508 e. The summed E-state index contributed by atoms with van der Waals surface area (Å²) in [5.74, 6) is -0.662. The fraction of sp³-hybridized carbons (Fsp3) is 0.0769. The van der Waals surface area contributed by atoms with Crippen molar-refractivity contribution in [2.24, 2.45) is 0 Å². The zero-order valence-electron chi connectivity index (χ0n) is 17.7. The Balaban J connectivity index is 1.90. The van der Waals surface area contributed by atoms with Crippen LogP contribution in [0.3, 0.4) is 0 Å². The highest BCUT2D eigenvalue weighted by Crippen LogP contribution is 2.38. The molecule has 0 aliphatic heterocycles. The second kappa shape index (κ2) is 8.92. The maximum atomic E-state index is 13.0. The zero-order chi connectivity index (χ0) is 23.5. The number of esters is 1. The van der Waals surface area contributed by atoms with E-state index in [0.717, 1.165) is 5.56 Å². The van der Waals surface area contributed by atoms with E-state index in [0.29, 0.717) is 22.3 Å². The molecule has 0 spiro atoms. The number of phenols is 3. The molecule has 1 heterocycles. The Hall–Kier alpha value is -4.52. The van der Waals surface area contributed by atoms with Crippen molar-refractivity contribution >= 4 is 11.8 Å². The molecule has 0 radical (unpaired) electrons. The molecule has 0 amide bonds. The van der Waals surface area contributed by atoms with Crippen molar-refractivity contribution in [3.05, 3.63) is 90.3 Å². The van der Waals surface area contributed by atoms with Gasteiger partial charge in [-0.1, -0.05) is 24.3 Å². The zero-order valence-corrected chi connectivity index (χ0v) is 17.7. The van der Waals surface area contributed by atoms with Gasteiger partial charge in [0.2, 0.25) is 0 Å². The van der Waals surface area contributed by atoms with Crippen molar-refractivity contribution in [2.45, 2.75) is 6.54 Å². The summed E-state index contributed by atoms with van der Waals surface area (Å²) in [5.41, 5.74) is 3.11. The number of phenolic OH excluding ortho intramolecular Hbond substituents is 3. The summed E-state index contributed by atoms with van der Waals surface area (Å²) in [6.07, 6.45) is 1.69. The van der Waals surface area contributed by atoms with Crippen LogP contribution in [-0.2, 0) is 11.3 Å². The van der Waals surface area contributed by atoms with E-state index in [9.17, 15) is 24.9 Å². The van der Waals surface area contributed by atoms with Crippen LogP contribution < -0.4 is 0 Å². The van der Waals surface area contributed by atoms with Crippen molar-refractivity contribution in [1.82, 2.24) is 4.57 Å². The summed E-state index contributed by atoms with van der Waals surface area (Å²) in [4.78, 5) is 25.8. The van der Waals surface area contributed by atoms with Crippen LogP contribution in [0.15, 0.2) is 79.0 Å². The molecule has 166 valence electrons. The lowest BCUT2D eigenvalue weighted by molar-refractivity contribution is 0.0589. The molecule has 33 heavy (non-hydrogen) atoms. The summed E-state index contributed by atoms with van der Waals surface area (Å²) >= 11 is 0. The highest BCUT2D eigenvalue weighted by atomic mass is 16.5. The fourth-order valence-electron chi connectivity index (χ4n) is 3.67. The van der Waals surface area contributed by atoms with Crippen LogP contribution in [0.5, 0.6) is 17.2 Å². The third-order valence-electron chi connectivity index (χ3n) is 5.29. The number of Topliss-reactive ketones (excluding diaryl/α,β-unsaturated/α-hetero) is 1. The lowest BCUT2D eigenvalue weighted by Gasteiger charge is -2.11. The van der Waals surface area contributed by atoms with Crippen LogP contribution in [0.2, 0.25) is 0 Å². The van der Waals surface area contributed by atoms with Gasteiger partial charge < -0.3 is 24.6 Å². The van der Waals surface area contributed by atoms with E-state index < -0.39 is 5.97 Å². The molecule has 0 aliphatic carbocycles. The van der Waals surface area contributed by atoms with Gasteiger partial charge in [0.25, 0.3) is 0 Å². The van der Waals surface area contributed by atoms with Gasteiger partial charge in [0.1, 0.15) is 22.9 Å². The van der Waals surface area contributed by atoms with Crippen LogP contribution >= 0.6 is 0 Å². The summed E-state index contributed by atoms with van der Waals surface area (Å²) in [7, 11) is 1.27. The van der Waals surface area contributed by atoms with Crippen LogP contribution in [0.25, 0.3) is 22.3 Å². The smallest absolute Gasteiger partial charge is 0.355 e. The van der Waals surface area contributed by atoms with Crippen molar-refractivity contribution in [3.63, 3.8) is 0 Å². The first-order chi connectivity index (χ1) is 15.9. The number of rotatable bonds is 6. The number of ether oxygens (including phenoxy) is 1. The number of ketones is 1. The van der Waals surface area contributed by atoms with Gasteiger partial charge in [-0.3, -0.25) is 4.79 Å². The maximum Gasteiger partial charge on any atom is 0.355 e. The van der Waals surface area contributed by atoms with Gasteiger partial charge in [0.15, 0.2) is 5.78 Å². The van der Waals surface area contributed by atoms with E-state index in [1.807, 2.05) is 0 Å². The highest BCUT2D eigenvalue weighted by Gasteiger charge is 2.26. The largest absolute Gasteiger partial charge is 0.508 e. The predicted molar refractivity (Wildman–Crippen MR) is 122 cm³/mol. The SMILES string of the molecule is COC(=O)c1c(-c2ccc(O)cc2)c(-c2ccc(O)cc2)cn1CC(=O)c1ccc(O)cc1. The van der Waals surface area contributed by atoms with Gasteiger partial charge in [0.05, 0.1) is 13.7 Å². The maximum absolute atomic E-state index is 13.0. The van der Waals surface area contributed by atoms with Gasteiger partial charge in [-0.25, -0.2) is 4.79 Å². The minimum absolute atomic E-state index is 0.0481. The summed E-state index contributed by atoms with van der Waals surface area (Å²) in [6.45, 7) is -0.141. The molecule has 0 saturated heterocycles. The van der Waals surface area contributed by atoms with Crippen LogP contribution in [-0.4, -0.2) is 38.7 Å². The molecule has 0 unspecified atom stereocenters. The number of hydrogen-bond acceptors (Lipinski definition) is 6. The number of carbonyl (C=O) groups is 2. The van der Waals surface area contributed by atoms with E-state index >= 15 is 0 Å². The summed E-state index contributed by atoms with van der Waals surface area (Å²) in [6, 6.07) is 18.7. The van der Waals surface area contributed by atoms with E-state index in [2.05, 4.69) is 0 Å². The molecular formula is C26H21NO6. The van der Waals surface area contributed by atoms with E-state index in [1.54, 1.807) is 30.5 Å². The normalized spacial score (nSPS) is 10.7. The second-order valence-corrected chi connectivity index (χ2v) is 7.45. The third-order valence-corrected chi connectivity index (χ3v) is 5.29. The standard InChI is InChI=1S/C26H21NO6/c1-33-26(32)25-24(18-6-12-21(30)13-7-18)22(16-2-8-19(28)9-3-16)14-27(25)15-23(31)17-4-10-20(29)11-5-17/h2-14,28-30H,15H2,1H3. The first-order valence-electron chi connectivity index (χ1n) is 10.1. The summed E-state index contributed by atoms with van der Waals surface area (Å²) < 4.78 is 6.57. The van der Waals surface area contributed by atoms with Crippen molar-refractivity contribution in [1.29, 1.82) is 0 Å². The first-order valence-corrected chi connectivity index (χ1v) is 10.1. The molecule has 4 aromatic rings. The molecule has 7 heteroatoms. The van der Waals surface area contributed by atoms with Crippen LogP contribution in [0, 0.1) is 0 Å². The molecule has 7 nitrogen and oxygen atoms in total. The number of aromatic hydroxyl groups is 3. The molecular weight excluding hydrogens is 422 g/mol. The van der Waals surface area contributed by atoms with E-state index in [-0.39, 0.29) is 35.3 Å². The van der Waals surface area contributed by atoms with Crippen molar-refractivity contribution in [2.75, 3.05) is 7.11 Å². The Morgan fingerprint density at radius 3 is 1.76 bits per heavy atom. The molecule has 1 aromatic heterocycles. The number of methoxy groups -OCH3 is 1. The van der Waals surface area contributed by atoms with Crippen LogP contribution in [0.4, 0.5) is 0 Å². The molecule has 0 fully saturated rings. The molecule has 0 aliphatic rings. The van der Waals surface area contributed by atoms with Gasteiger partial charge in [-0.15, -0.1) is 0 Å².